The summed E-state index contributed by atoms with van der Waals surface area (Å²) in [5.74, 6) is 1.13. The van der Waals surface area contributed by atoms with Gasteiger partial charge >= 0.3 is 0 Å². The van der Waals surface area contributed by atoms with E-state index in [1.54, 1.807) is 22.0 Å². The van der Waals surface area contributed by atoms with Crippen LogP contribution in [0.15, 0.2) is 6.33 Å². The van der Waals surface area contributed by atoms with E-state index in [1.165, 1.54) is 5.56 Å². The number of rotatable bonds is 4. The molecule has 8 heteroatoms. The van der Waals surface area contributed by atoms with E-state index in [0.29, 0.717) is 19.5 Å². The van der Waals surface area contributed by atoms with Gasteiger partial charge in [-0.25, -0.2) is 18.4 Å². The van der Waals surface area contributed by atoms with Gasteiger partial charge in [-0.1, -0.05) is 6.92 Å². The first-order valence-corrected chi connectivity index (χ1v) is 9.77. The molecule has 3 heterocycles. The average molecular weight is 340 g/mol. The smallest absolute Gasteiger partial charge is 0.214 e. The van der Waals surface area contributed by atoms with Crippen LogP contribution in [0.1, 0.15) is 23.8 Å². The van der Waals surface area contributed by atoms with E-state index in [0.717, 1.165) is 27.3 Å². The fourth-order valence-electron chi connectivity index (χ4n) is 2.85. The zero-order chi connectivity index (χ0) is 15.9. The maximum atomic E-state index is 12.3. The fourth-order valence-corrected chi connectivity index (χ4v) is 5.60. The topological polar surface area (TPSA) is 66.4 Å². The number of nitrogens with zero attached hydrogens (tertiary/aromatic N) is 4. The Bertz CT molecular complexity index is 799. The molecular weight excluding hydrogens is 320 g/mol. The van der Waals surface area contributed by atoms with Gasteiger partial charge in [-0.3, -0.25) is 0 Å². The summed E-state index contributed by atoms with van der Waals surface area (Å²) >= 11 is 1.59. The fraction of sp³-hybridized carbons (Fsp3) is 0.571. The van der Waals surface area contributed by atoms with Crippen molar-refractivity contribution in [2.75, 3.05) is 31.3 Å². The third-order valence-electron chi connectivity index (χ3n) is 3.86. The molecule has 6 nitrogen and oxygen atoms in total. The van der Waals surface area contributed by atoms with Crippen molar-refractivity contribution in [2.45, 2.75) is 26.3 Å². The van der Waals surface area contributed by atoms with Crippen molar-refractivity contribution in [3.8, 4) is 0 Å². The molecule has 0 aliphatic carbocycles. The monoisotopic (exact) mass is 340 g/mol. The number of hydrogen-bond acceptors (Lipinski definition) is 6. The van der Waals surface area contributed by atoms with E-state index in [1.807, 2.05) is 25.9 Å². The van der Waals surface area contributed by atoms with Gasteiger partial charge in [0, 0.05) is 32.1 Å². The molecule has 1 aliphatic rings. The number of aromatic nitrogens is 2. The Morgan fingerprint density at radius 3 is 2.82 bits per heavy atom. The molecule has 0 fully saturated rings. The van der Waals surface area contributed by atoms with E-state index in [4.69, 9.17) is 0 Å². The van der Waals surface area contributed by atoms with E-state index in [2.05, 4.69) is 9.97 Å². The van der Waals surface area contributed by atoms with Crippen LogP contribution in [0, 0.1) is 0 Å². The zero-order valence-corrected chi connectivity index (χ0v) is 14.7. The van der Waals surface area contributed by atoms with Crippen molar-refractivity contribution in [1.82, 2.24) is 14.3 Å². The zero-order valence-electron chi connectivity index (χ0n) is 13.0. The Kier molecular flexibility index (Phi) is 4.09. The second-order valence-corrected chi connectivity index (χ2v) is 8.85. The molecule has 0 unspecified atom stereocenters. The summed E-state index contributed by atoms with van der Waals surface area (Å²) in [6.45, 7) is 2.90. The van der Waals surface area contributed by atoms with Crippen molar-refractivity contribution in [2.24, 2.45) is 0 Å². The molecular formula is C14H20N4O2S2. The van der Waals surface area contributed by atoms with Crippen molar-refractivity contribution in [1.29, 1.82) is 0 Å². The molecule has 2 aromatic heterocycles. The lowest BCUT2D eigenvalue weighted by molar-refractivity contribution is 0.396. The predicted octanol–water partition coefficient (Wildman–Crippen LogP) is 1.86. The maximum absolute atomic E-state index is 12.3. The molecule has 0 amide bonds. The Morgan fingerprint density at radius 1 is 1.36 bits per heavy atom. The van der Waals surface area contributed by atoms with Gasteiger partial charge < -0.3 is 4.90 Å². The number of fused-ring (bicyclic) bond motifs is 3. The Labute approximate surface area is 134 Å². The minimum Gasteiger partial charge on any atom is -0.362 e. The van der Waals surface area contributed by atoms with Crippen LogP contribution < -0.4 is 4.90 Å². The summed E-state index contributed by atoms with van der Waals surface area (Å²) in [6.07, 6.45) is 2.95. The summed E-state index contributed by atoms with van der Waals surface area (Å²) < 4.78 is 26.2. The third-order valence-corrected chi connectivity index (χ3v) is 7.01. The normalized spacial score (nSPS) is 16.0. The largest absolute Gasteiger partial charge is 0.362 e. The van der Waals surface area contributed by atoms with Crippen LogP contribution in [0.4, 0.5) is 5.82 Å². The molecule has 22 heavy (non-hydrogen) atoms. The Balaban J connectivity index is 2.04. The van der Waals surface area contributed by atoms with Crippen LogP contribution in [0.5, 0.6) is 0 Å². The highest BCUT2D eigenvalue weighted by Gasteiger charge is 2.29. The van der Waals surface area contributed by atoms with Gasteiger partial charge in [0.2, 0.25) is 10.0 Å². The lowest BCUT2D eigenvalue weighted by Gasteiger charge is -2.26. The van der Waals surface area contributed by atoms with Gasteiger partial charge in [-0.2, -0.15) is 4.31 Å². The lowest BCUT2D eigenvalue weighted by atomic mass is 10.1. The van der Waals surface area contributed by atoms with Crippen LogP contribution in [0.2, 0.25) is 0 Å². The van der Waals surface area contributed by atoms with E-state index < -0.39 is 10.0 Å². The van der Waals surface area contributed by atoms with Gasteiger partial charge in [0.15, 0.2) is 0 Å². The minimum absolute atomic E-state index is 0.218. The summed E-state index contributed by atoms with van der Waals surface area (Å²) in [5, 5.41) is 1.08. The van der Waals surface area contributed by atoms with Gasteiger partial charge in [0.25, 0.3) is 0 Å². The van der Waals surface area contributed by atoms with Crippen LogP contribution in [0.25, 0.3) is 10.2 Å². The average Bonchev–Trinajstić information content (AvgIpc) is 2.84. The van der Waals surface area contributed by atoms with E-state index >= 15 is 0 Å². The highest BCUT2D eigenvalue weighted by molar-refractivity contribution is 7.89. The van der Waals surface area contributed by atoms with Crippen LogP contribution >= 0.6 is 11.3 Å². The van der Waals surface area contributed by atoms with Crippen LogP contribution in [-0.4, -0.2) is 49.1 Å². The molecule has 2 aromatic rings. The first-order chi connectivity index (χ1) is 10.4. The summed E-state index contributed by atoms with van der Waals surface area (Å²) in [7, 11) is 0.783. The van der Waals surface area contributed by atoms with Crippen LogP contribution in [0.3, 0.4) is 0 Å². The Hall–Kier alpha value is -1.25. The molecule has 0 aromatic carbocycles. The number of thiophene rings is 1. The highest BCUT2D eigenvalue weighted by Crippen LogP contribution is 2.38. The van der Waals surface area contributed by atoms with Crippen molar-refractivity contribution < 1.29 is 8.42 Å². The summed E-state index contributed by atoms with van der Waals surface area (Å²) in [4.78, 5) is 12.8. The van der Waals surface area contributed by atoms with Crippen molar-refractivity contribution in [3.05, 3.63) is 16.8 Å². The molecule has 1 aliphatic heterocycles. The SMILES string of the molecule is CCCS(=O)(=O)N1CCc2c(sc3ncnc(N(C)C)c23)C1. The Morgan fingerprint density at radius 2 is 2.14 bits per heavy atom. The maximum Gasteiger partial charge on any atom is 0.214 e. The second kappa shape index (κ2) is 5.75. The quantitative estimate of drug-likeness (QED) is 0.850. The molecule has 3 rings (SSSR count). The predicted molar refractivity (Wildman–Crippen MR) is 89.9 cm³/mol. The molecule has 0 radical (unpaired) electrons. The summed E-state index contributed by atoms with van der Waals surface area (Å²) in [5.41, 5.74) is 1.22. The molecule has 0 bridgehead atoms. The summed E-state index contributed by atoms with van der Waals surface area (Å²) in [6, 6.07) is 0. The second-order valence-electron chi connectivity index (χ2n) is 5.68. The number of anilines is 1. The number of hydrogen-bond donors (Lipinski definition) is 0. The van der Waals surface area contributed by atoms with Crippen molar-refractivity contribution in [3.63, 3.8) is 0 Å². The first-order valence-electron chi connectivity index (χ1n) is 7.34. The molecule has 120 valence electrons. The standard InChI is InChI=1S/C14H20N4O2S2/c1-4-7-22(19,20)18-6-5-10-11(8-18)21-14-12(10)13(17(2)3)15-9-16-14/h9H,4-8H2,1-3H3. The minimum atomic E-state index is -3.15. The van der Waals surface area contributed by atoms with Gasteiger partial charge in [-0.15, -0.1) is 11.3 Å². The van der Waals surface area contributed by atoms with E-state index in [-0.39, 0.29) is 5.75 Å². The van der Waals surface area contributed by atoms with Crippen LogP contribution in [-0.2, 0) is 23.0 Å². The van der Waals surface area contributed by atoms with Gasteiger partial charge in [0.05, 0.1) is 11.1 Å². The van der Waals surface area contributed by atoms with E-state index in [9.17, 15) is 8.42 Å². The molecule has 0 saturated carbocycles. The molecule has 0 atom stereocenters. The number of sulfonamides is 1. The molecule has 0 spiro atoms. The molecule has 0 N–H and O–H groups in total. The van der Waals surface area contributed by atoms with Gasteiger partial charge in [0.1, 0.15) is 17.0 Å². The highest BCUT2D eigenvalue weighted by atomic mass is 32.2. The lowest BCUT2D eigenvalue weighted by Crippen LogP contribution is -2.36. The molecule has 0 saturated heterocycles. The third kappa shape index (κ3) is 2.59. The van der Waals surface area contributed by atoms with Crippen molar-refractivity contribution >= 4 is 37.4 Å². The van der Waals surface area contributed by atoms with Gasteiger partial charge in [-0.05, 0) is 18.4 Å². The first kappa shape index (κ1) is 15.6.